The summed E-state index contributed by atoms with van der Waals surface area (Å²) >= 11 is 1.40. The number of ketones is 2. The van der Waals surface area contributed by atoms with Crippen LogP contribution in [0.25, 0.3) is 0 Å². The third-order valence-corrected chi connectivity index (χ3v) is 3.21. The van der Waals surface area contributed by atoms with Crippen LogP contribution in [-0.4, -0.2) is 22.5 Å². The van der Waals surface area contributed by atoms with E-state index >= 15 is 0 Å². The van der Waals surface area contributed by atoms with Crippen molar-refractivity contribution in [2.45, 2.75) is 13.3 Å². The second-order valence-corrected chi connectivity index (χ2v) is 4.26. The molecule has 15 heavy (non-hydrogen) atoms. The lowest BCUT2D eigenvalue weighted by Crippen LogP contribution is -2.13. The summed E-state index contributed by atoms with van der Waals surface area (Å²) in [5, 5.41) is 3.46. The summed E-state index contributed by atoms with van der Waals surface area (Å²) in [5.74, 6) is 0.441. The maximum absolute atomic E-state index is 11.8. The van der Waals surface area contributed by atoms with E-state index in [1.165, 1.54) is 24.0 Å². The molecule has 0 unspecified atom stereocenters. The molecule has 0 bridgehead atoms. The first-order valence-corrected chi connectivity index (χ1v) is 5.60. The van der Waals surface area contributed by atoms with Crippen LogP contribution in [0.15, 0.2) is 21.7 Å². The lowest BCUT2D eigenvalue weighted by molar-refractivity contribution is 0.0967. The van der Waals surface area contributed by atoms with E-state index in [2.05, 4.69) is 5.16 Å². The Morgan fingerprint density at radius 3 is 3.00 bits per heavy atom. The van der Waals surface area contributed by atoms with Gasteiger partial charge in [0, 0.05) is 6.08 Å². The Balaban J connectivity index is 2.30. The Bertz CT molecular complexity index is 447. The zero-order valence-electron chi connectivity index (χ0n) is 8.15. The molecule has 0 aromatic carbocycles. The van der Waals surface area contributed by atoms with Crippen LogP contribution in [-0.2, 0) is 0 Å². The largest absolute Gasteiger partial charge is 0.352 e. The minimum atomic E-state index is -0.277. The van der Waals surface area contributed by atoms with Crippen LogP contribution in [0.1, 0.15) is 34.3 Å². The van der Waals surface area contributed by atoms with Gasteiger partial charge >= 0.3 is 0 Å². The van der Waals surface area contributed by atoms with Crippen molar-refractivity contribution < 1.29 is 14.1 Å². The predicted octanol–water partition coefficient (Wildman–Crippen LogP) is 2.08. The van der Waals surface area contributed by atoms with E-state index in [-0.39, 0.29) is 22.9 Å². The molecule has 0 atom stereocenters. The number of aromatic nitrogens is 1. The number of hydrogen-bond donors (Lipinski definition) is 0. The number of carbonyl (C=O) groups is 2. The zero-order valence-corrected chi connectivity index (χ0v) is 8.97. The molecule has 1 aliphatic carbocycles. The highest BCUT2D eigenvalue weighted by atomic mass is 32.2. The molecular formula is C10H9NO3S. The third kappa shape index (κ3) is 1.74. The van der Waals surface area contributed by atoms with Gasteiger partial charge in [0.15, 0.2) is 0 Å². The van der Waals surface area contributed by atoms with Crippen LogP contribution >= 0.6 is 11.8 Å². The summed E-state index contributed by atoms with van der Waals surface area (Å²) in [6, 6.07) is 0. The molecule has 78 valence electrons. The third-order valence-electron chi connectivity index (χ3n) is 1.99. The standard InChI is InChI=1S/C10H9NO3S/c1-2-3-15-8-4-7(12)10-6(9(8)13)5-11-14-10/h4-5H,2-3H2,1H3. The average Bonchev–Trinajstić information content (AvgIpc) is 2.70. The van der Waals surface area contributed by atoms with Crippen LogP contribution < -0.4 is 0 Å². The van der Waals surface area contributed by atoms with Gasteiger partial charge in [-0.05, 0) is 12.2 Å². The average molecular weight is 223 g/mol. The predicted molar refractivity (Wildman–Crippen MR) is 56.0 cm³/mol. The fraction of sp³-hybridized carbons (Fsp3) is 0.300. The summed E-state index contributed by atoms with van der Waals surface area (Å²) in [7, 11) is 0. The molecule has 0 spiro atoms. The van der Waals surface area contributed by atoms with Crippen molar-refractivity contribution in [3.8, 4) is 0 Å². The van der Waals surface area contributed by atoms with Crippen molar-refractivity contribution in [2.24, 2.45) is 0 Å². The molecule has 1 heterocycles. The fourth-order valence-corrected chi connectivity index (χ4v) is 2.14. The minimum Gasteiger partial charge on any atom is -0.352 e. The Labute approximate surface area is 90.7 Å². The lowest BCUT2D eigenvalue weighted by Gasteiger charge is -2.08. The molecular weight excluding hydrogens is 214 g/mol. The van der Waals surface area contributed by atoms with Crippen molar-refractivity contribution in [1.29, 1.82) is 0 Å². The van der Waals surface area contributed by atoms with Gasteiger partial charge < -0.3 is 4.52 Å². The molecule has 0 amide bonds. The van der Waals surface area contributed by atoms with E-state index in [0.717, 1.165) is 12.2 Å². The molecule has 0 fully saturated rings. The second-order valence-electron chi connectivity index (χ2n) is 3.12. The Kier molecular flexibility index (Phi) is 2.73. The van der Waals surface area contributed by atoms with Gasteiger partial charge in [-0.25, -0.2) is 0 Å². The summed E-state index contributed by atoms with van der Waals surface area (Å²) in [4.78, 5) is 23.8. The van der Waals surface area contributed by atoms with Gasteiger partial charge in [0.05, 0.1) is 16.7 Å². The smallest absolute Gasteiger partial charge is 0.225 e. The van der Waals surface area contributed by atoms with Crippen molar-refractivity contribution in [1.82, 2.24) is 5.16 Å². The molecule has 5 heteroatoms. The van der Waals surface area contributed by atoms with Crippen LogP contribution in [0, 0.1) is 0 Å². The first kappa shape index (κ1) is 10.2. The van der Waals surface area contributed by atoms with E-state index < -0.39 is 0 Å². The molecule has 0 aliphatic heterocycles. The van der Waals surface area contributed by atoms with Crippen molar-refractivity contribution >= 4 is 23.3 Å². The number of Topliss-reactive ketones (excluding diaryl/α,β-unsaturated/α-hetero) is 1. The zero-order chi connectivity index (χ0) is 10.8. The van der Waals surface area contributed by atoms with E-state index in [1.807, 2.05) is 6.92 Å². The van der Waals surface area contributed by atoms with E-state index in [1.54, 1.807) is 0 Å². The van der Waals surface area contributed by atoms with Crippen molar-refractivity contribution in [3.63, 3.8) is 0 Å². The van der Waals surface area contributed by atoms with Crippen LogP contribution in [0.5, 0.6) is 0 Å². The van der Waals surface area contributed by atoms with Crippen molar-refractivity contribution in [3.05, 3.63) is 28.5 Å². The number of fused-ring (bicyclic) bond motifs is 1. The number of rotatable bonds is 3. The highest BCUT2D eigenvalue weighted by Gasteiger charge is 2.29. The molecule has 2 rings (SSSR count). The number of nitrogens with zero attached hydrogens (tertiary/aromatic N) is 1. The minimum absolute atomic E-state index is 0.0563. The second kappa shape index (κ2) is 4.02. The Hall–Kier alpha value is -1.36. The van der Waals surface area contributed by atoms with E-state index in [9.17, 15) is 9.59 Å². The lowest BCUT2D eigenvalue weighted by atomic mass is 10.0. The summed E-state index contributed by atoms with van der Waals surface area (Å²) in [6.45, 7) is 2.02. The van der Waals surface area contributed by atoms with Crippen molar-refractivity contribution in [2.75, 3.05) is 5.75 Å². The number of hydrogen-bond acceptors (Lipinski definition) is 5. The quantitative estimate of drug-likeness (QED) is 0.785. The molecule has 0 saturated heterocycles. The number of thioether (sulfide) groups is 1. The maximum Gasteiger partial charge on any atom is 0.225 e. The normalized spacial score (nSPS) is 15.1. The van der Waals surface area contributed by atoms with Gasteiger partial charge in [0.1, 0.15) is 0 Å². The van der Waals surface area contributed by atoms with Gasteiger partial charge in [-0.3, -0.25) is 9.59 Å². The molecule has 4 nitrogen and oxygen atoms in total. The van der Waals surface area contributed by atoms with E-state index in [4.69, 9.17) is 4.52 Å². The number of carbonyl (C=O) groups excluding carboxylic acids is 2. The molecule has 0 saturated carbocycles. The first-order chi connectivity index (χ1) is 7.24. The molecule has 1 aromatic rings. The Morgan fingerprint density at radius 1 is 1.47 bits per heavy atom. The summed E-state index contributed by atoms with van der Waals surface area (Å²) in [5.41, 5.74) is 0.279. The highest BCUT2D eigenvalue weighted by molar-refractivity contribution is 8.04. The van der Waals surface area contributed by atoms with E-state index in [0.29, 0.717) is 4.91 Å². The highest BCUT2D eigenvalue weighted by Crippen LogP contribution is 2.28. The van der Waals surface area contributed by atoms with Crippen LogP contribution in [0.2, 0.25) is 0 Å². The molecule has 0 radical (unpaired) electrons. The first-order valence-electron chi connectivity index (χ1n) is 4.62. The van der Waals surface area contributed by atoms with Gasteiger partial charge in [-0.1, -0.05) is 12.1 Å². The molecule has 0 N–H and O–H groups in total. The molecule has 1 aromatic heterocycles. The summed E-state index contributed by atoms with van der Waals surface area (Å²) < 4.78 is 4.72. The number of allylic oxidation sites excluding steroid dienone is 2. The van der Waals surface area contributed by atoms with Gasteiger partial charge in [-0.2, -0.15) is 0 Å². The van der Waals surface area contributed by atoms with Gasteiger partial charge in [0.2, 0.25) is 17.3 Å². The maximum atomic E-state index is 11.8. The topological polar surface area (TPSA) is 60.2 Å². The fourth-order valence-electron chi connectivity index (χ4n) is 1.28. The van der Waals surface area contributed by atoms with Gasteiger partial charge in [-0.15, -0.1) is 11.8 Å². The Morgan fingerprint density at radius 2 is 2.27 bits per heavy atom. The van der Waals surface area contributed by atoms with Crippen LogP contribution in [0.3, 0.4) is 0 Å². The molecule has 1 aliphatic rings. The van der Waals surface area contributed by atoms with Gasteiger partial charge in [0.25, 0.3) is 0 Å². The SMILES string of the molecule is CCCSC1=CC(=O)c2oncc2C1=O. The summed E-state index contributed by atoms with van der Waals surface area (Å²) in [6.07, 6.45) is 3.59. The monoisotopic (exact) mass is 223 g/mol. The van der Waals surface area contributed by atoms with Crippen LogP contribution in [0.4, 0.5) is 0 Å².